The molecule has 0 bridgehead atoms. The Morgan fingerprint density at radius 3 is 2.67 bits per heavy atom. The summed E-state index contributed by atoms with van der Waals surface area (Å²) in [6, 6.07) is 6.44. The predicted octanol–water partition coefficient (Wildman–Crippen LogP) is 1.49. The van der Waals surface area contributed by atoms with Crippen LogP contribution in [0.4, 0.5) is 0 Å². The summed E-state index contributed by atoms with van der Waals surface area (Å²) in [6.07, 6.45) is 2.95. The molecule has 2 atom stereocenters. The number of aliphatic hydroxyl groups excluding tert-OH is 1. The van der Waals surface area contributed by atoms with E-state index in [1.165, 1.54) is 0 Å². The van der Waals surface area contributed by atoms with E-state index < -0.39 is 6.10 Å². The average molecular weight is 311 g/mol. The highest BCUT2D eigenvalue weighted by molar-refractivity contribution is 6.33. The zero-order chi connectivity index (χ0) is 15.2. The summed E-state index contributed by atoms with van der Waals surface area (Å²) < 4.78 is 0. The minimum absolute atomic E-state index is 0.132. The molecule has 1 aliphatic rings. The number of aliphatic hydroxyl groups is 1. The van der Waals surface area contributed by atoms with Crippen LogP contribution in [0.2, 0.25) is 5.02 Å². The Hall–Kier alpha value is -1.59. The molecule has 1 aromatic carbocycles. The quantitative estimate of drug-likeness (QED) is 0.788. The van der Waals surface area contributed by atoms with Crippen molar-refractivity contribution in [2.24, 2.45) is 0 Å². The van der Waals surface area contributed by atoms with Crippen molar-refractivity contribution in [3.63, 3.8) is 0 Å². The second-order valence-corrected chi connectivity index (χ2v) is 5.60. The third-order valence-corrected chi connectivity index (χ3v) is 3.93. The lowest BCUT2D eigenvalue weighted by atomic mass is 9.92. The van der Waals surface area contributed by atoms with Gasteiger partial charge in [-0.05, 0) is 25.0 Å². The molecule has 0 saturated heterocycles. The molecule has 1 aromatic rings. The molecule has 0 heterocycles. The van der Waals surface area contributed by atoms with E-state index in [0.29, 0.717) is 17.0 Å². The van der Waals surface area contributed by atoms with Crippen LogP contribution in [0.1, 0.15) is 36.0 Å². The molecule has 1 aliphatic carbocycles. The van der Waals surface area contributed by atoms with Crippen molar-refractivity contribution in [1.82, 2.24) is 10.6 Å². The van der Waals surface area contributed by atoms with Crippen LogP contribution in [0.15, 0.2) is 24.3 Å². The Morgan fingerprint density at radius 1 is 1.24 bits per heavy atom. The molecule has 0 unspecified atom stereocenters. The van der Waals surface area contributed by atoms with Gasteiger partial charge in [-0.1, -0.05) is 36.6 Å². The van der Waals surface area contributed by atoms with E-state index in [1.54, 1.807) is 24.3 Å². The lowest BCUT2D eigenvalue weighted by Crippen LogP contribution is -2.48. The highest BCUT2D eigenvalue weighted by Crippen LogP contribution is 2.18. The summed E-state index contributed by atoms with van der Waals surface area (Å²) in [5, 5.41) is 15.4. The zero-order valence-corrected chi connectivity index (χ0v) is 12.4. The van der Waals surface area contributed by atoms with Crippen LogP contribution in [-0.4, -0.2) is 35.6 Å². The molecule has 0 aliphatic heterocycles. The molecule has 114 valence electrons. The van der Waals surface area contributed by atoms with Gasteiger partial charge >= 0.3 is 0 Å². The molecule has 2 amide bonds. The fraction of sp³-hybridized carbons (Fsp3) is 0.467. The van der Waals surface area contributed by atoms with Crippen molar-refractivity contribution >= 4 is 23.4 Å². The van der Waals surface area contributed by atoms with Crippen molar-refractivity contribution in [3.8, 4) is 0 Å². The predicted molar refractivity (Wildman–Crippen MR) is 80.2 cm³/mol. The van der Waals surface area contributed by atoms with Gasteiger partial charge < -0.3 is 15.7 Å². The van der Waals surface area contributed by atoms with Gasteiger partial charge in [0.2, 0.25) is 5.91 Å². The molecule has 1 fully saturated rings. The topological polar surface area (TPSA) is 78.4 Å². The number of nitrogens with one attached hydrogen (secondary N) is 2. The lowest BCUT2D eigenvalue weighted by molar-refractivity contribution is -0.122. The zero-order valence-electron chi connectivity index (χ0n) is 11.6. The molecule has 2 rings (SSSR count). The van der Waals surface area contributed by atoms with Crippen LogP contribution < -0.4 is 10.6 Å². The number of rotatable bonds is 4. The van der Waals surface area contributed by atoms with E-state index in [-0.39, 0.29) is 24.4 Å². The fourth-order valence-electron chi connectivity index (χ4n) is 2.44. The van der Waals surface area contributed by atoms with Gasteiger partial charge in [0.05, 0.1) is 29.3 Å². The summed E-state index contributed by atoms with van der Waals surface area (Å²) in [4.78, 5) is 23.7. The Labute approximate surface area is 128 Å². The van der Waals surface area contributed by atoms with Gasteiger partial charge in [-0.15, -0.1) is 0 Å². The van der Waals surface area contributed by atoms with Crippen molar-refractivity contribution in [1.29, 1.82) is 0 Å². The Balaban J connectivity index is 1.81. The molecule has 1 saturated carbocycles. The first-order chi connectivity index (χ1) is 10.1. The third kappa shape index (κ3) is 4.44. The molecule has 0 spiro atoms. The largest absolute Gasteiger partial charge is 0.391 e. The smallest absolute Gasteiger partial charge is 0.253 e. The second-order valence-electron chi connectivity index (χ2n) is 5.19. The van der Waals surface area contributed by atoms with Crippen molar-refractivity contribution in [3.05, 3.63) is 34.9 Å². The van der Waals surface area contributed by atoms with Gasteiger partial charge in [-0.25, -0.2) is 0 Å². The minimum Gasteiger partial charge on any atom is -0.391 e. The number of carbonyl (C=O) groups excluding carboxylic acids is 2. The highest BCUT2D eigenvalue weighted by atomic mass is 35.5. The first-order valence-corrected chi connectivity index (χ1v) is 7.46. The van der Waals surface area contributed by atoms with Gasteiger partial charge in [0.15, 0.2) is 0 Å². The number of benzene rings is 1. The second kappa shape index (κ2) is 7.43. The van der Waals surface area contributed by atoms with Crippen LogP contribution in [0.5, 0.6) is 0 Å². The van der Waals surface area contributed by atoms with Gasteiger partial charge in [-0.2, -0.15) is 0 Å². The van der Waals surface area contributed by atoms with Crippen molar-refractivity contribution in [2.45, 2.75) is 37.8 Å². The standard InChI is InChI=1S/C15H19ClN2O3/c16-11-6-2-1-5-10(11)15(21)17-9-14(20)18-12-7-3-4-8-13(12)19/h1-2,5-6,12-13,19H,3-4,7-9H2,(H,17,21)(H,18,20)/t12-,13-/m0/s1. The van der Waals surface area contributed by atoms with Crippen LogP contribution in [0.3, 0.4) is 0 Å². The maximum absolute atomic E-state index is 11.9. The molecular weight excluding hydrogens is 292 g/mol. The monoisotopic (exact) mass is 310 g/mol. The van der Waals surface area contributed by atoms with Crippen LogP contribution >= 0.6 is 11.6 Å². The number of amides is 2. The van der Waals surface area contributed by atoms with Crippen molar-refractivity contribution < 1.29 is 14.7 Å². The SMILES string of the molecule is O=C(CNC(=O)c1ccccc1Cl)N[C@H]1CCCC[C@@H]1O. The molecule has 0 radical (unpaired) electrons. The maximum atomic E-state index is 11.9. The molecule has 6 heteroatoms. The number of hydrogen-bond donors (Lipinski definition) is 3. The first-order valence-electron chi connectivity index (χ1n) is 7.08. The normalized spacial score (nSPS) is 21.6. The van der Waals surface area contributed by atoms with Gasteiger partial charge in [0.25, 0.3) is 5.91 Å². The molecule has 21 heavy (non-hydrogen) atoms. The lowest BCUT2D eigenvalue weighted by Gasteiger charge is -2.28. The van der Waals surface area contributed by atoms with E-state index in [0.717, 1.165) is 19.3 Å². The van der Waals surface area contributed by atoms with Crippen LogP contribution in [0.25, 0.3) is 0 Å². The first kappa shape index (κ1) is 15.8. The summed E-state index contributed by atoms with van der Waals surface area (Å²) in [7, 11) is 0. The van der Waals surface area contributed by atoms with E-state index in [2.05, 4.69) is 10.6 Å². The molecular formula is C15H19ClN2O3. The maximum Gasteiger partial charge on any atom is 0.253 e. The van der Waals surface area contributed by atoms with Gasteiger partial charge in [0.1, 0.15) is 0 Å². The summed E-state index contributed by atoms with van der Waals surface area (Å²) in [6.45, 7) is -0.132. The van der Waals surface area contributed by atoms with Gasteiger partial charge in [-0.3, -0.25) is 9.59 Å². The van der Waals surface area contributed by atoms with E-state index >= 15 is 0 Å². The average Bonchev–Trinajstić information content (AvgIpc) is 2.48. The van der Waals surface area contributed by atoms with Crippen molar-refractivity contribution in [2.75, 3.05) is 6.54 Å². The minimum atomic E-state index is -0.498. The highest BCUT2D eigenvalue weighted by Gasteiger charge is 2.24. The van der Waals surface area contributed by atoms with Crippen LogP contribution in [0, 0.1) is 0 Å². The molecule has 5 nitrogen and oxygen atoms in total. The van der Waals surface area contributed by atoms with Crippen LogP contribution in [-0.2, 0) is 4.79 Å². The Bertz CT molecular complexity index is 521. The Morgan fingerprint density at radius 2 is 1.95 bits per heavy atom. The van der Waals surface area contributed by atoms with E-state index in [4.69, 9.17) is 11.6 Å². The number of hydrogen-bond acceptors (Lipinski definition) is 3. The third-order valence-electron chi connectivity index (χ3n) is 3.60. The van der Waals surface area contributed by atoms with Gasteiger partial charge in [0, 0.05) is 0 Å². The number of carbonyl (C=O) groups is 2. The Kier molecular flexibility index (Phi) is 5.59. The molecule has 3 N–H and O–H groups in total. The molecule has 0 aromatic heterocycles. The summed E-state index contributed by atoms with van der Waals surface area (Å²) in [5.41, 5.74) is 0.338. The number of halogens is 1. The fourth-order valence-corrected chi connectivity index (χ4v) is 2.66. The summed E-state index contributed by atoms with van der Waals surface area (Å²) >= 11 is 5.91. The summed E-state index contributed by atoms with van der Waals surface area (Å²) in [5.74, 6) is -0.693. The van der Waals surface area contributed by atoms with E-state index in [1.807, 2.05) is 0 Å². The van der Waals surface area contributed by atoms with E-state index in [9.17, 15) is 14.7 Å².